The number of piperazine rings is 1. The molecule has 98 valence electrons. The quantitative estimate of drug-likeness (QED) is 0.854. The average Bonchev–Trinajstić information content (AvgIpc) is 2.30. The summed E-state index contributed by atoms with van der Waals surface area (Å²) in [5.41, 5.74) is 2.33. The van der Waals surface area contributed by atoms with Crippen LogP contribution in [-0.2, 0) is 4.79 Å². The highest BCUT2D eigenvalue weighted by molar-refractivity contribution is 5.69. The van der Waals surface area contributed by atoms with Crippen LogP contribution < -0.4 is 10.2 Å². The molecule has 1 saturated heterocycles. The maximum atomic E-state index is 11.0. The van der Waals surface area contributed by atoms with E-state index < -0.39 is 5.97 Å². The van der Waals surface area contributed by atoms with Crippen molar-refractivity contribution in [3.8, 4) is 0 Å². The van der Waals surface area contributed by atoms with Crippen molar-refractivity contribution in [2.24, 2.45) is 0 Å². The van der Waals surface area contributed by atoms with Gasteiger partial charge in [0.05, 0.1) is 12.5 Å². The van der Waals surface area contributed by atoms with Crippen LogP contribution in [0.4, 0.5) is 5.69 Å². The summed E-state index contributed by atoms with van der Waals surface area (Å²) in [7, 11) is 0. The van der Waals surface area contributed by atoms with Gasteiger partial charge in [-0.2, -0.15) is 0 Å². The van der Waals surface area contributed by atoms with Crippen molar-refractivity contribution in [3.05, 3.63) is 29.8 Å². The van der Waals surface area contributed by atoms with Gasteiger partial charge in [0, 0.05) is 24.8 Å². The van der Waals surface area contributed by atoms with E-state index in [1.807, 2.05) is 0 Å². The maximum absolute atomic E-state index is 11.0. The molecule has 2 rings (SSSR count). The van der Waals surface area contributed by atoms with Crippen molar-refractivity contribution < 1.29 is 9.90 Å². The molecule has 1 fully saturated rings. The molecule has 1 heterocycles. The first-order chi connectivity index (χ1) is 8.58. The Labute approximate surface area is 108 Å². The summed E-state index contributed by atoms with van der Waals surface area (Å²) in [6.45, 7) is 5.80. The highest BCUT2D eigenvalue weighted by Gasteiger charge is 2.29. The monoisotopic (exact) mass is 248 g/mol. The predicted octanol–water partition coefficient (Wildman–Crippen LogP) is 1.64. The van der Waals surface area contributed by atoms with Crippen molar-refractivity contribution in [2.45, 2.75) is 32.4 Å². The summed E-state index contributed by atoms with van der Waals surface area (Å²) >= 11 is 0. The second-order valence-electron chi connectivity index (χ2n) is 5.00. The van der Waals surface area contributed by atoms with Crippen LogP contribution in [0.5, 0.6) is 0 Å². The van der Waals surface area contributed by atoms with Gasteiger partial charge in [-0.3, -0.25) is 4.79 Å². The number of nitrogens with one attached hydrogen (secondary N) is 1. The van der Waals surface area contributed by atoms with E-state index in [2.05, 4.69) is 48.3 Å². The van der Waals surface area contributed by atoms with Gasteiger partial charge in [0.2, 0.25) is 0 Å². The molecule has 1 aliphatic heterocycles. The molecule has 4 nitrogen and oxygen atoms in total. The van der Waals surface area contributed by atoms with E-state index in [0.29, 0.717) is 6.04 Å². The van der Waals surface area contributed by atoms with Crippen LogP contribution in [0.2, 0.25) is 0 Å². The standard InChI is InChI=1S/C14H20N2O2/c1-10-3-5-12(6-4-10)16-11(2)8-15-9-13(16)7-14(17)18/h3-6,11,13,15H,7-9H2,1-2H3,(H,17,18). The van der Waals surface area contributed by atoms with Gasteiger partial charge < -0.3 is 15.3 Å². The van der Waals surface area contributed by atoms with Crippen LogP contribution in [0.3, 0.4) is 0 Å². The molecular formula is C14H20N2O2. The fourth-order valence-electron chi connectivity index (χ4n) is 2.57. The average molecular weight is 248 g/mol. The van der Waals surface area contributed by atoms with Crippen LogP contribution in [0.25, 0.3) is 0 Å². The summed E-state index contributed by atoms with van der Waals surface area (Å²) < 4.78 is 0. The summed E-state index contributed by atoms with van der Waals surface area (Å²) in [5.74, 6) is -0.743. The minimum Gasteiger partial charge on any atom is -0.481 e. The van der Waals surface area contributed by atoms with Crippen LogP contribution in [-0.4, -0.2) is 36.2 Å². The largest absolute Gasteiger partial charge is 0.481 e. The van der Waals surface area contributed by atoms with Crippen molar-refractivity contribution in [1.29, 1.82) is 0 Å². The lowest BCUT2D eigenvalue weighted by Gasteiger charge is -2.42. The molecular weight excluding hydrogens is 228 g/mol. The Morgan fingerprint density at radius 2 is 2.06 bits per heavy atom. The number of nitrogens with zero attached hydrogens (tertiary/aromatic N) is 1. The van der Waals surface area contributed by atoms with Crippen LogP contribution in [0.1, 0.15) is 18.9 Å². The van der Waals surface area contributed by atoms with E-state index in [1.54, 1.807) is 0 Å². The fourth-order valence-corrected chi connectivity index (χ4v) is 2.57. The second kappa shape index (κ2) is 5.40. The van der Waals surface area contributed by atoms with Gasteiger partial charge >= 0.3 is 5.97 Å². The highest BCUT2D eigenvalue weighted by Crippen LogP contribution is 2.24. The fraction of sp³-hybridized carbons (Fsp3) is 0.500. The van der Waals surface area contributed by atoms with Gasteiger partial charge in [-0.15, -0.1) is 0 Å². The summed E-state index contributed by atoms with van der Waals surface area (Å²) in [5, 5.41) is 12.3. The summed E-state index contributed by atoms with van der Waals surface area (Å²) in [4.78, 5) is 13.2. The first kappa shape index (κ1) is 12.9. The van der Waals surface area contributed by atoms with E-state index in [0.717, 1.165) is 18.8 Å². The van der Waals surface area contributed by atoms with Gasteiger partial charge in [-0.25, -0.2) is 0 Å². The predicted molar refractivity (Wildman–Crippen MR) is 72.0 cm³/mol. The summed E-state index contributed by atoms with van der Waals surface area (Å²) in [6, 6.07) is 8.63. The van der Waals surface area contributed by atoms with E-state index in [-0.39, 0.29) is 12.5 Å². The minimum absolute atomic E-state index is 0.0222. The van der Waals surface area contributed by atoms with E-state index in [4.69, 9.17) is 5.11 Å². The molecule has 0 amide bonds. The molecule has 1 aliphatic rings. The van der Waals surface area contributed by atoms with Crippen molar-refractivity contribution >= 4 is 11.7 Å². The lowest BCUT2D eigenvalue weighted by Crippen LogP contribution is -2.57. The third-order valence-corrected chi connectivity index (χ3v) is 3.43. The highest BCUT2D eigenvalue weighted by atomic mass is 16.4. The number of carbonyl (C=O) groups is 1. The van der Waals surface area contributed by atoms with E-state index in [1.165, 1.54) is 5.56 Å². The molecule has 2 unspecified atom stereocenters. The molecule has 0 aromatic heterocycles. The Hall–Kier alpha value is -1.55. The van der Waals surface area contributed by atoms with Crippen LogP contribution >= 0.6 is 0 Å². The summed E-state index contributed by atoms with van der Waals surface area (Å²) in [6.07, 6.45) is 0.172. The molecule has 1 aromatic rings. The van der Waals surface area contributed by atoms with Gasteiger partial charge in [-0.05, 0) is 26.0 Å². The number of anilines is 1. The zero-order valence-electron chi connectivity index (χ0n) is 10.9. The van der Waals surface area contributed by atoms with Crippen LogP contribution in [0, 0.1) is 6.92 Å². The Morgan fingerprint density at radius 3 is 2.67 bits per heavy atom. The molecule has 0 aliphatic carbocycles. The maximum Gasteiger partial charge on any atom is 0.305 e. The molecule has 0 bridgehead atoms. The Kier molecular flexibility index (Phi) is 3.87. The molecule has 2 N–H and O–H groups in total. The lowest BCUT2D eigenvalue weighted by molar-refractivity contribution is -0.137. The lowest BCUT2D eigenvalue weighted by atomic mass is 10.0. The zero-order chi connectivity index (χ0) is 13.1. The molecule has 2 atom stereocenters. The first-order valence-electron chi connectivity index (χ1n) is 6.35. The number of carboxylic acids is 1. The Morgan fingerprint density at radius 1 is 1.39 bits per heavy atom. The minimum atomic E-state index is -0.743. The molecule has 0 spiro atoms. The normalized spacial score (nSPS) is 24.0. The molecule has 1 aromatic carbocycles. The molecule has 18 heavy (non-hydrogen) atoms. The topological polar surface area (TPSA) is 52.6 Å². The van der Waals surface area contributed by atoms with E-state index >= 15 is 0 Å². The van der Waals surface area contributed by atoms with Gasteiger partial charge in [0.15, 0.2) is 0 Å². The van der Waals surface area contributed by atoms with Gasteiger partial charge in [-0.1, -0.05) is 17.7 Å². The number of hydrogen-bond donors (Lipinski definition) is 2. The molecule has 0 saturated carbocycles. The number of hydrogen-bond acceptors (Lipinski definition) is 3. The van der Waals surface area contributed by atoms with Gasteiger partial charge in [0.1, 0.15) is 0 Å². The van der Waals surface area contributed by atoms with Crippen molar-refractivity contribution in [1.82, 2.24) is 5.32 Å². The second-order valence-corrected chi connectivity index (χ2v) is 5.00. The van der Waals surface area contributed by atoms with Crippen molar-refractivity contribution in [2.75, 3.05) is 18.0 Å². The first-order valence-corrected chi connectivity index (χ1v) is 6.35. The zero-order valence-corrected chi connectivity index (χ0v) is 10.9. The van der Waals surface area contributed by atoms with E-state index in [9.17, 15) is 4.79 Å². The van der Waals surface area contributed by atoms with Gasteiger partial charge in [0.25, 0.3) is 0 Å². The Bertz CT molecular complexity index is 416. The number of rotatable bonds is 3. The number of aliphatic carboxylic acids is 1. The van der Waals surface area contributed by atoms with Crippen LogP contribution in [0.15, 0.2) is 24.3 Å². The number of aryl methyl sites for hydroxylation is 1. The smallest absolute Gasteiger partial charge is 0.305 e. The van der Waals surface area contributed by atoms with Crippen molar-refractivity contribution in [3.63, 3.8) is 0 Å². The number of carboxylic acid groups (broad SMARTS) is 1. The third-order valence-electron chi connectivity index (χ3n) is 3.43. The molecule has 0 radical (unpaired) electrons. The SMILES string of the molecule is Cc1ccc(N2C(C)CNCC2CC(=O)O)cc1. The third kappa shape index (κ3) is 2.82. The Balaban J connectivity index is 2.23. The number of benzene rings is 1. The molecule has 4 heteroatoms.